The Bertz CT molecular complexity index is 794. The minimum absolute atomic E-state index is 0.848. The van der Waals surface area contributed by atoms with Crippen LogP contribution in [0.5, 0.6) is 0 Å². The summed E-state index contributed by atoms with van der Waals surface area (Å²) < 4.78 is 315. The van der Waals surface area contributed by atoms with Gasteiger partial charge in [0.1, 0.15) is 0 Å². The fraction of sp³-hybridized carbons (Fsp3) is 1.00. The number of halogens is 24. The first-order chi connectivity index (χ1) is 15.8. The first kappa shape index (κ1) is 36.3. The van der Waals surface area contributed by atoms with Crippen LogP contribution in [0.4, 0.5) is 105 Å². The van der Waals surface area contributed by atoms with Gasteiger partial charge in [0.25, 0.3) is 0 Å². The molecule has 0 radical (unpaired) electrons. The molecule has 0 bridgehead atoms. The molecule has 0 aromatic carbocycles. The van der Waals surface area contributed by atoms with Crippen LogP contribution in [0.3, 0.4) is 0 Å². The molecule has 0 nitrogen and oxygen atoms in total. The molecule has 230 valence electrons. The molecule has 0 N–H and O–H groups in total. The lowest BCUT2D eigenvalue weighted by Crippen LogP contribution is -2.78. The number of hydrogen-bond acceptors (Lipinski definition) is 0. The van der Waals surface area contributed by atoms with Gasteiger partial charge in [-0.05, 0) is 13.8 Å². The Kier molecular flexibility index (Phi) is 8.04. The lowest BCUT2D eigenvalue weighted by Gasteiger charge is -2.45. The van der Waals surface area contributed by atoms with Crippen molar-refractivity contribution in [3.63, 3.8) is 0 Å². The standard InChI is InChI=1S/C14H6F24/c1-3(2,15)4(16,17)5(18,19)6(20,21)7(22,23)8(24,25)9(26,27)10(28,29)11(30,31)12(32,33)13(34,35)14(36,37)38/h1-2H3. The molecule has 0 aromatic rings. The van der Waals surface area contributed by atoms with Crippen molar-refractivity contribution in [1.29, 1.82) is 0 Å². The van der Waals surface area contributed by atoms with E-state index in [0.29, 0.717) is 0 Å². The molecule has 0 aliphatic rings. The molecule has 0 rings (SSSR count). The number of hydrogen-bond donors (Lipinski definition) is 0. The van der Waals surface area contributed by atoms with Crippen LogP contribution in [0.25, 0.3) is 0 Å². The van der Waals surface area contributed by atoms with Gasteiger partial charge in [-0.2, -0.15) is 101 Å². The SMILES string of the molecule is CC(C)(F)C(F)(F)C(F)(F)C(F)(F)C(F)(F)C(F)(F)C(F)(F)C(F)(F)C(F)(F)C(F)(F)C(F)(F)C(F)(F)F. The molecule has 38 heavy (non-hydrogen) atoms. The van der Waals surface area contributed by atoms with Crippen LogP contribution in [-0.2, 0) is 0 Å². The molecular formula is C14H6F24. The quantitative estimate of drug-likeness (QED) is 0.212. The highest BCUT2D eigenvalue weighted by molar-refractivity contribution is 5.19. The molecule has 0 aliphatic heterocycles. The zero-order chi connectivity index (χ0) is 32.0. The summed E-state index contributed by atoms with van der Waals surface area (Å²) in [6.07, 6.45) is -8.11. The van der Waals surface area contributed by atoms with Crippen LogP contribution in [0.1, 0.15) is 13.8 Å². The van der Waals surface area contributed by atoms with Crippen molar-refractivity contribution in [2.24, 2.45) is 0 Å². The van der Waals surface area contributed by atoms with Crippen LogP contribution in [0.15, 0.2) is 0 Å². The van der Waals surface area contributed by atoms with Crippen LogP contribution < -0.4 is 0 Å². The van der Waals surface area contributed by atoms with Crippen molar-refractivity contribution in [2.75, 3.05) is 0 Å². The molecule has 0 fully saturated rings. The van der Waals surface area contributed by atoms with Crippen molar-refractivity contribution >= 4 is 0 Å². The number of rotatable bonds is 10. The van der Waals surface area contributed by atoms with E-state index in [4.69, 9.17) is 0 Å². The topological polar surface area (TPSA) is 0 Å². The third-order valence-electron chi connectivity index (χ3n) is 4.65. The molecule has 0 atom stereocenters. The summed E-state index contributed by atoms with van der Waals surface area (Å²) >= 11 is 0. The Morgan fingerprint density at radius 2 is 0.342 bits per heavy atom. The molecule has 0 aliphatic carbocycles. The zero-order valence-electron chi connectivity index (χ0n) is 17.1. The average Bonchev–Trinajstić information content (AvgIpc) is 2.64. The van der Waals surface area contributed by atoms with Gasteiger partial charge in [0.15, 0.2) is 5.67 Å². The van der Waals surface area contributed by atoms with Gasteiger partial charge in [-0.3, -0.25) is 0 Å². The summed E-state index contributed by atoms with van der Waals surface area (Å²) in [6, 6.07) is 0. The van der Waals surface area contributed by atoms with Crippen LogP contribution in [-0.4, -0.2) is 71.1 Å². The van der Waals surface area contributed by atoms with E-state index in [1.165, 1.54) is 0 Å². The van der Waals surface area contributed by atoms with E-state index < -0.39 is 84.9 Å². The van der Waals surface area contributed by atoms with Gasteiger partial charge >= 0.3 is 65.4 Å². The monoisotopic (exact) mass is 630 g/mol. The van der Waals surface area contributed by atoms with Crippen LogP contribution in [0, 0.1) is 0 Å². The first-order valence-corrected chi connectivity index (χ1v) is 8.29. The van der Waals surface area contributed by atoms with E-state index in [1.807, 2.05) is 0 Å². The molecule has 0 saturated heterocycles. The van der Waals surface area contributed by atoms with Crippen LogP contribution in [0.2, 0.25) is 0 Å². The maximum atomic E-state index is 13.5. The molecule has 0 saturated carbocycles. The van der Waals surface area contributed by atoms with E-state index in [2.05, 4.69) is 0 Å². The Morgan fingerprint density at radius 1 is 0.211 bits per heavy atom. The smallest absolute Gasteiger partial charge is 0.238 e. The summed E-state index contributed by atoms with van der Waals surface area (Å²) in [5, 5.41) is 0. The van der Waals surface area contributed by atoms with Crippen molar-refractivity contribution < 1.29 is 105 Å². The normalized spacial score (nSPS) is 17.2. The summed E-state index contributed by atoms with van der Waals surface area (Å²) in [6.45, 7) is -1.70. The second-order valence-corrected chi connectivity index (χ2v) is 7.71. The molecule has 0 heterocycles. The molecule has 24 heteroatoms. The second-order valence-electron chi connectivity index (χ2n) is 7.71. The van der Waals surface area contributed by atoms with Gasteiger partial charge in [-0.1, -0.05) is 0 Å². The predicted molar refractivity (Wildman–Crippen MR) is 70.7 cm³/mol. The fourth-order valence-electron chi connectivity index (χ4n) is 2.13. The fourth-order valence-corrected chi connectivity index (χ4v) is 2.13. The van der Waals surface area contributed by atoms with Gasteiger partial charge < -0.3 is 0 Å². The summed E-state index contributed by atoms with van der Waals surface area (Å²) in [7, 11) is 0. The predicted octanol–water partition coefficient (Wildman–Crippen LogP) is 8.65. The van der Waals surface area contributed by atoms with E-state index in [0.717, 1.165) is 0 Å². The van der Waals surface area contributed by atoms with E-state index in [9.17, 15) is 105 Å². The number of alkyl halides is 24. The maximum Gasteiger partial charge on any atom is 0.460 e. The highest BCUT2D eigenvalue weighted by atomic mass is 19.4. The van der Waals surface area contributed by atoms with Crippen molar-refractivity contribution in [3.05, 3.63) is 0 Å². The van der Waals surface area contributed by atoms with E-state index in [1.54, 1.807) is 0 Å². The van der Waals surface area contributed by atoms with E-state index >= 15 is 0 Å². The van der Waals surface area contributed by atoms with Crippen molar-refractivity contribution in [2.45, 2.75) is 84.9 Å². The lowest BCUT2D eigenvalue weighted by atomic mass is 9.83. The van der Waals surface area contributed by atoms with E-state index in [-0.39, 0.29) is 0 Å². The third-order valence-corrected chi connectivity index (χ3v) is 4.65. The second kappa shape index (κ2) is 8.41. The molecular weight excluding hydrogens is 624 g/mol. The Labute approximate surface area is 191 Å². The Balaban J connectivity index is 7.29. The van der Waals surface area contributed by atoms with Gasteiger partial charge in [-0.15, -0.1) is 0 Å². The van der Waals surface area contributed by atoms with Gasteiger partial charge in [0.2, 0.25) is 0 Å². The van der Waals surface area contributed by atoms with Gasteiger partial charge in [0, 0.05) is 0 Å². The minimum Gasteiger partial charge on any atom is -0.238 e. The highest BCUT2D eigenvalue weighted by Gasteiger charge is 2.99. The minimum atomic E-state index is -9.46. The highest BCUT2D eigenvalue weighted by Crippen LogP contribution is 2.67. The first-order valence-electron chi connectivity index (χ1n) is 8.29. The van der Waals surface area contributed by atoms with Gasteiger partial charge in [-0.25, -0.2) is 4.39 Å². The molecule has 0 unspecified atom stereocenters. The zero-order valence-corrected chi connectivity index (χ0v) is 17.1. The Hall–Kier alpha value is -1.68. The van der Waals surface area contributed by atoms with Crippen molar-refractivity contribution in [3.8, 4) is 0 Å². The lowest BCUT2D eigenvalue weighted by molar-refractivity contribution is -0.480. The molecule has 0 amide bonds. The molecule has 0 spiro atoms. The maximum absolute atomic E-state index is 13.5. The Morgan fingerprint density at radius 3 is 0.474 bits per heavy atom. The average molecular weight is 630 g/mol. The summed E-state index contributed by atoms with van der Waals surface area (Å²) in [5.41, 5.74) is -5.18. The largest absolute Gasteiger partial charge is 0.460 e. The summed E-state index contributed by atoms with van der Waals surface area (Å²) in [4.78, 5) is 0. The third kappa shape index (κ3) is 4.02. The summed E-state index contributed by atoms with van der Waals surface area (Å²) in [5.74, 6) is -89.0. The molecule has 0 aromatic heterocycles. The van der Waals surface area contributed by atoms with Crippen LogP contribution >= 0.6 is 0 Å². The van der Waals surface area contributed by atoms with Crippen molar-refractivity contribution in [1.82, 2.24) is 0 Å². The van der Waals surface area contributed by atoms with Gasteiger partial charge in [0.05, 0.1) is 0 Å².